The van der Waals surface area contributed by atoms with Gasteiger partial charge < -0.3 is 37.8 Å². The molecule has 0 fully saturated rings. The topological polar surface area (TPSA) is 177 Å². The van der Waals surface area contributed by atoms with Crippen molar-refractivity contribution in [3.8, 4) is 5.75 Å². The van der Waals surface area contributed by atoms with Crippen molar-refractivity contribution in [2.75, 3.05) is 13.1 Å². The van der Waals surface area contributed by atoms with Gasteiger partial charge in [0.2, 0.25) is 17.7 Å². The molecule has 3 amide bonds. The molecule has 0 spiro atoms. The lowest BCUT2D eigenvalue weighted by molar-refractivity contribution is -0.136. The van der Waals surface area contributed by atoms with Gasteiger partial charge in [0, 0.05) is 25.6 Å². The number of hydrogen-bond acceptors (Lipinski definition) is 7. The minimum atomic E-state index is -0.863. The van der Waals surface area contributed by atoms with Gasteiger partial charge in [0.05, 0.1) is 12.1 Å². The van der Waals surface area contributed by atoms with Crippen molar-refractivity contribution in [2.45, 2.75) is 83.1 Å². The second-order valence-electron chi connectivity index (χ2n) is 12.4. The van der Waals surface area contributed by atoms with Gasteiger partial charge >= 0.3 is 0 Å². The molecular formula is C36H48N6O4. The number of benzene rings is 3. The zero-order valence-electron chi connectivity index (χ0n) is 26.9. The van der Waals surface area contributed by atoms with E-state index in [-0.39, 0.29) is 30.0 Å². The fraction of sp³-hybridized carbons (Fsp3) is 0.417. The standard InChI is InChI=1S/C36H48N6O4/c1-23-16-29(43)17-24(2)30(23)20-31(38)36(46)42-22-27-13-7-6-12-26(27)19-28(42)21-40-32(14-8-9-15-37)35(45)41-33(34(39)44)18-25-10-4-3-5-11-25/h3-7,10-13,16-17,28,31-33,40,43H,8-9,14-15,18-22,37-38H2,1-2H3,(H2,39,44)(H,41,45)/t28?,31-,32-,33-/m0/s1. The van der Waals surface area contributed by atoms with E-state index in [4.69, 9.17) is 17.2 Å². The van der Waals surface area contributed by atoms with Crippen molar-refractivity contribution >= 4 is 17.7 Å². The number of carbonyl (C=O) groups is 3. The molecule has 0 aromatic heterocycles. The third-order valence-corrected chi connectivity index (χ3v) is 8.87. The minimum absolute atomic E-state index is 0.172. The summed E-state index contributed by atoms with van der Waals surface area (Å²) in [7, 11) is 0. The molecule has 46 heavy (non-hydrogen) atoms. The zero-order chi connectivity index (χ0) is 33.2. The number of nitrogens with two attached hydrogens (primary N) is 3. The van der Waals surface area contributed by atoms with Crippen LogP contribution in [0.2, 0.25) is 0 Å². The van der Waals surface area contributed by atoms with Crippen LogP contribution in [0.3, 0.4) is 0 Å². The Hall–Kier alpha value is -4.25. The Balaban J connectivity index is 1.51. The molecule has 0 radical (unpaired) electrons. The molecular weight excluding hydrogens is 580 g/mol. The first kappa shape index (κ1) is 34.6. The molecule has 1 aliphatic rings. The Bertz CT molecular complexity index is 1470. The molecule has 0 saturated heterocycles. The highest BCUT2D eigenvalue weighted by Crippen LogP contribution is 2.26. The molecule has 1 heterocycles. The van der Waals surface area contributed by atoms with Gasteiger partial charge in [-0.1, -0.05) is 61.0 Å². The Morgan fingerprint density at radius 2 is 1.59 bits per heavy atom. The number of aryl methyl sites for hydroxylation is 2. The van der Waals surface area contributed by atoms with Gasteiger partial charge in [-0.25, -0.2) is 0 Å². The quantitative estimate of drug-likeness (QED) is 0.140. The number of hydrogen-bond donors (Lipinski definition) is 6. The average Bonchev–Trinajstić information content (AvgIpc) is 3.03. The predicted octanol–water partition coefficient (Wildman–Crippen LogP) is 2.13. The van der Waals surface area contributed by atoms with Crippen molar-refractivity contribution in [1.82, 2.24) is 15.5 Å². The summed E-state index contributed by atoms with van der Waals surface area (Å²) in [5, 5.41) is 16.3. The zero-order valence-corrected chi connectivity index (χ0v) is 26.9. The van der Waals surface area contributed by atoms with Crippen LogP contribution in [0.15, 0.2) is 66.7 Å². The molecule has 4 rings (SSSR count). The lowest BCUT2D eigenvalue weighted by Gasteiger charge is -2.39. The number of phenols is 1. The van der Waals surface area contributed by atoms with Gasteiger partial charge in [0.1, 0.15) is 11.8 Å². The maximum absolute atomic E-state index is 14.0. The van der Waals surface area contributed by atoms with E-state index in [0.717, 1.165) is 39.8 Å². The Morgan fingerprint density at radius 1 is 0.935 bits per heavy atom. The molecule has 4 atom stereocenters. The Kier molecular flexibility index (Phi) is 12.3. The molecule has 3 aromatic carbocycles. The van der Waals surface area contributed by atoms with Crippen molar-refractivity contribution in [1.29, 1.82) is 0 Å². The molecule has 246 valence electrons. The lowest BCUT2D eigenvalue weighted by atomic mass is 9.91. The highest BCUT2D eigenvalue weighted by atomic mass is 16.3. The van der Waals surface area contributed by atoms with Gasteiger partial charge in [-0.3, -0.25) is 14.4 Å². The van der Waals surface area contributed by atoms with Crippen LogP contribution in [0.25, 0.3) is 0 Å². The summed E-state index contributed by atoms with van der Waals surface area (Å²) in [6.45, 7) is 5.08. The molecule has 0 bridgehead atoms. The van der Waals surface area contributed by atoms with Gasteiger partial charge in [-0.05, 0) is 91.6 Å². The second kappa shape index (κ2) is 16.4. The summed E-state index contributed by atoms with van der Waals surface area (Å²) >= 11 is 0. The summed E-state index contributed by atoms with van der Waals surface area (Å²) in [6.07, 6.45) is 3.21. The first-order valence-electron chi connectivity index (χ1n) is 16.1. The number of carbonyl (C=O) groups excluding carboxylic acids is 3. The third kappa shape index (κ3) is 9.15. The van der Waals surface area contributed by atoms with E-state index >= 15 is 0 Å². The third-order valence-electron chi connectivity index (χ3n) is 8.87. The van der Waals surface area contributed by atoms with Crippen LogP contribution < -0.4 is 27.8 Å². The van der Waals surface area contributed by atoms with Crippen molar-refractivity contribution in [3.63, 3.8) is 0 Å². The van der Waals surface area contributed by atoms with E-state index in [1.165, 1.54) is 0 Å². The summed E-state index contributed by atoms with van der Waals surface area (Å²) in [4.78, 5) is 41.7. The SMILES string of the molecule is Cc1cc(O)cc(C)c1C[C@H](N)C(=O)N1Cc2ccccc2CC1CN[C@@H](CCCCN)C(=O)N[C@@H](Cc1ccccc1)C(N)=O. The van der Waals surface area contributed by atoms with E-state index < -0.39 is 24.0 Å². The maximum Gasteiger partial charge on any atom is 0.240 e. The first-order chi connectivity index (χ1) is 22.1. The van der Waals surface area contributed by atoms with Gasteiger partial charge in [0.25, 0.3) is 0 Å². The largest absolute Gasteiger partial charge is 0.508 e. The molecule has 1 unspecified atom stereocenters. The first-order valence-corrected chi connectivity index (χ1v) is 16.1. The number of nitrogens with one attached hydrogen (secondary N) is 2. The number of primary amides is 1. The van der Waals surface area contributed by atoms with Crippen LogP contribution >= 0.6 is 0 Å². The highest BCUT2D eigenvalue weighted by Gasteiger charge is 2.34. The van der Waals surface area contributed by atoms with E-state index in [2.05, 4.69) is 16.7 Å². The highest BCUT2D eigenvalue weighted by molar-refractivity contribution is 5.89. The molecule has 10 heteroatoms. The smallest absolute Gasteiger partial charge is 0.240 e. The van der Waals surface area contributed by atoms with Crippen molar-refractivity contribution in [3.05, 3.63) is 100 Å². The molecule has 10 nitrogen and oxygen atoms in total. The summed E-state index contributed by atoms with van der Waals surface area (Å²) < 4.78 is 0. The monoisotopic (exact) mass is 628 g/mol. The fourth-order valence-corrected chi connectivity index (χ4v) is 6.28. The minimum Gasteiger partial charge on any atom is -0.508 e. The van der Waals surface area contributed by atoms with Crippen LogP contribution in [0.5, 0.6) is 5.75 Å². The number of phenolic OH excluding ortho intramolecular Hbond substituents is 1. The molecule has 9 N–H and O–H groups in total. The van der Waals surface area contributed by atoms with Crippen LogP contribution in [-0.4, -0.2) is 65.0 Å². The van der Waals surface area contributed by atoms with Gasteiger partial charge in [0.15, 0.2) is 0 Å². The summed E-state index contributed by atoms with van der Waals surface area (Å²) in [5.41, 5.74) is 23.8. The van der Waals surface area contributed by atoms with E-state index in [0.29, 0.717) is 45.3 Å². The number of unbranched alkanes of at least 4 members (excludes halogenated alkanes) is 1. The maximum atomic E-state index is 14.0. The average molecular weight is 629 g/mol. The normalized spacial score (nSPS) is 16.3. The number of nitrogens with zero attached hydrogens (tertiary/aromatic N) is 1. The van der Waals surface area contributed by atoms with Gasteiger partial charge in [-0.15, -0.1) is 0 Å². The van der Waals surface area contributed by atoms with Crippen LogP contribution in [0.1, 0.15) is 52.6 Å². The van der Waals surface area contributed by atoms with Crippen LogP contribution in [0.4, 0.5) is 0 Å². The number of amides is 3. The fourth-order valence-electron chi connectivity index (χ4n) is 6.28. The summed E-state index contributed by atoms with van der Waals surface area (Å²) in [5.74, 6) is -0.911. The second-order valence-corrected chi connectivity index (χ2v) is 12.4. The van der Waals surface area contributed by atoms with Crippen LogP contribution in [-0.2, 0) is 40.2 Å². The van der Waals surface area contributed by atoms with Crippen molar-refractivity contribution < 1.29 is 19.5 Å². The Labute approximate surface area is 271 Å². The van der Waals surface area contributed by atoms with Crippen molar-refractivity contribution in [2.24, 2.45) is 17.2 Å². The van der Waals surface area contributed by atoms with Gasteiger partial charge in [-0.2, -0.15) is 0 Å². The predicted molar refractivity (Wildman–Crippen MR) is 180 cm³/mol. The number of fused-ring (bicyclic) bond motifs is 1. The number of aromatic hydroxyl groups is 1. The lowest BCUT2D eigenvalue weighted by Crippen LogP contribution is -2.57. The van der Waals surface area contributed by atoms with E-state index in [1.807, 2.05) is 67.3 Å². The Morgan fingerprint density at radius 3 is 2.24 bits per heavy atom. The summed E-state index contributed by atoms with van der Waals surface area (Å²) in [6, 6.07) is 18.3. The number of rotatable bonds is 15. The molecule has 1 aliphatic heterocycles. The van der Waals surface area contributed by atoms with E-state index in [9.17, 15) is 19.5 Å². The van der Waals surface area contributed by atoms with Crippen LogP contribution in [0, 0.1) is 13.8 Å². The molecule has 3 aromatic rings. The van der Waals surface area contributed by atoms with E-state index in [1.54, 1.807) is 12.1 Å². The molecule has 0 saturated carbocycles. The molecule has 0 aliphatic carbocycles.